The molecule has 1 nitrogen and oxygen atoms in total. The van der Waals surface area contributed by atoms with Crippen LogP contribution in [0.3, 0.4) is 0 Å². The second kappa shape index (κ2) is 5.01. The third-order valence-electron chi connectivity index (χ3n) is 1.94. The fourth-order valence-corrected chi connectivity index (χ4v) is 2.45. The van der Waals surface area contributed by atoms with Gasteiger partial charge >= 0.3 is 0 Å². The summed E-state index contributed by atoms with van der Waals surface area (Å²) in [6.07, 6.45) is 0. The van der Waals surface area contributed by atoms with Gasteiger partial charge in [-0.15, -0.1) is 0 Å². The molecule has 0 unspecified atom stereocenters. The quantitative estimate of drug-likeness (QED) is 0.772. The monoisotopic (exact) mass is 306 g/mol. The molecule has 0 saturated heterocycles. The van der Waals surface area contributed by atoms with Crippen LogP contribution in [0, 0.1) is 6.92 Å². The predicted molar refractivity (Wildman–Crippen MR) is 63.0 cm³/mol. The Morgan fingerprint density at radius 3 is 2.38 bits per heavy atom. The van der Waals surface area contributed by atoms with Gasteiger partial charge in [-0.2, -0.15) is 0 Å². The summed E-state index contributed by atoms with van der Waals surface area (Å²) < 4.78 is 5.31. The van der Waals surface area contributed by atoms with Gasteiger partial charge in [-0.3, -0.25) is 0 Å². The average Bonchev–Trinajstić information content (AvgIpc) is 2.16. The van der Waals surface area contributed by atoms with Crippen molar-refractivity contribution >= 4 is 31.9 Å². The lowest BCUT2D eigenvalue weighted by Gasteiger charge is -2.11. The van der Waals surface area contributed by atoms with E-state index in [1.807, 2.05) is 0 Å². The Kier molecular flexibility index (Phi) is 4.26. The maximum absolute atomic E-state index is 5.31. The third kappa shape index (κ3) is 2.47. The molecule has 0 fully saturated rings. The summed E-state index contributed by atoms with van der Waals surface area (Å²) >= 11 is 6.93. The Morgan fingerprint density at radius 1 is 1.23 bits per heavy atom. The largest absolute Gasteiger partial charge is 0.496 e. The van der Waals surface area contributed by atoms with Gasteiger partial charge in [0.05, 0.1) is 7.11 Å². The van der Waals surface area contributed by atoms with Crippen molar-refractivity contribution < 1.29 is 4.74 Å². The van der Waals surface area contributed by atoms with Gasteiger partial charge in [-0.1, -0.05) is 37.9 Å². The number of alkyl halides is 2. The number of benzene rings is 1. The molecular weight excluding hydrogens is 296 g/mol. The van der Waals surface area contributed by atoms with E-state index in [4.69, 9.17) is 4.74 Å². The molecule has 13 heavy (non-hydrogen) atoms. The van der Waals surface area contributed by atoms with Crippen molar-refractivity contribution in [1.82, 2.24) is 0 Å². The van der Waals surface area contributed by atoms with E-state index in [0.717, 1.165) is 16.4 Å². The average molecular weight is 308 g/mol. The number of aryl methyl sites for hydroxylation is 1. The van der Waals surface area contributed by atoms with Gasteiger partial charge in [0.25, 0.3) is 0 Å². The Bertz CT molecular complexity index is 272. The molecule has 72 valence electrons. The van der Waals surface area contributed by atoms with Crippen LogP contribution < -0.4 is 4.74 Å². The lowest BCUT2D eigenvalue weighted by Crippen LogP contribution is -1.95. The summed E-state index contributed by atoms with van der Waals surface area (Å²) in [4.78, 5) is 0. The van der Waals surface area contributed by atoms with Gasteiger partial charge in [0.1, 0.15) is 5.75 Å². The second-order valence-electron chi connectivity index (χ2n) is 2.87. The summed E-state index contributed by atoms with van der Waals surface area (Å²) in [6.45, 7) is 2.08. The Labute approximate surface area is 95.7 Å². The van der Waals surface area contributed by atoms with Crippen LogP contribution >= 0.6 is 31.9 Å². The summed E-state index contributed by atoms with van der Waals surface area (Å²) in [7, 11) is 1.71. The van der Waals surface area contributed by atoms with Crippen molar-refractivity contribution in [3.8, 4) is 5.75 Å². The molecule has 0 aliphatic rings. The minimum absolute atomic E-state index is 0.831. The lowest BCUT2D eigenvalue weighted by molar-refractivity contribution is 0.410. The molecule has 0 radical (unpaired) electrons. The fourth-order valence-electron chi connectivity index (χ4n) is 1.31. The first-order valence-corrected chi connectivity index (χ1v) is 6.25. The minimum atomic E-state index is 0.831. The maximum Gasteiger partial charge on any atom is 0.123 e. The van der Waals surface area contributed by atoms with Gasteiger partial charge in [0.15, 0.2) is 0 Å². The highest BCUT2D eigenvalue weighted by molar-refractivity contribution is 9.09. The van der Waals surface area contributed by atoms with Crippen LogP contribution in [0.2, 0.25) is 0 Å². The third-order valence-corrected chi connectivity index (χ3v) is 3.11. The van der Waals surface area contributed by atoms with E-state index in [0.29, 0.717) is 0 Å². The van der Waals surface area contributed by atoms with E-state index in [1.165, 1.54) is 16.7 Å². The van der Waals surface area contributed by atoms with Crippen LogP contribution in [0.25, 0.3) is 0 Å². The molecule has 0 saturated carbocycles. The standard InChI is InChI=1S/C10H12Br2O/c1-7-3-8(5-11)9(6-12)10(4-7)13-2/h3-4H,5-6H2,1-2H3. The van der Waals surface area contributed by atoms with Crippen molar-refractivity contribution in [3.05, 3.63) is 28.8 Å². The lowest BCUT2D eigenvalue weighted by atomic mass is 10.1. The molecule has 1 rings (SSSR count). The molecule has 0 amide bonds. The van der Waals surface area contributed by atoms with Crippen LogP contribution in [0.5, 0.6) is 5.75 Å². The van der Waals surface area contributed by atoms with E-state index < -0.39 is 0 Å². The van der Waals surface area contributed by atoms with Crippen molar-refractivity contribution in [2.24, 2.45) is 0 Å². The van der Waals surface area contributed by atoms with E-state index in [1.54, 1.807) is 7.11 Å². The Balaban J connectivity index is 3.25. The zero-order valence-corrected chi connectivity index (χ0v) is 10.9. The Hall–Kier alpha value is -0.0200. The number of hydrogen-bond donors (Lipinski definition) is 0. The molecule has 0 heterocycles. The highest BCUT2D eigenvalue weighted by Crippen LogP contribution is 2.28. The molecule has 0 aliphatic heterocycles. The van der Waals surface area contributed by atoms with Gasteiger partial charge < -0.3 is 4.74 Å². The molecule has 0 aliphatic carbocycles. The summed E-state index contributed by atoms with van der Waals surface area (Å²) in [5.74, 6) is 0.964. The number of rotatable bonds is 3. The molecule has 0 N–H and O–H groups in total. The van der Waals surface area contributed by atoms with Crippen molar-refractivity contribution in [3.63, 3.8) is 0 Å². The number of halogens is 2. The van der Waals surface area contributed by atoms with Crippen molar-refractivity contribution in [1.29, 1.82) is 0 Å². The van der Waals surface area contributed by atoms with E-state index in [-0.39, 0.29) is 0 Å². The molecule has 1 aromatic rings. The first-order valence-electron chi connectivity index (χ1n) is 4.01. The van der Waals surface area contributed by atoms with Crippen LogP contribution in [0.4, 0.5) is 0 Å². The number of methoxy groups -OCH3 is 1. The van der Waals surface area contributed by atoms with Crippen LogP contribution in [0.1, 0.15) is 16.7 Å². The van der Waals surface area contributed by atoms with Crippen LogP contribution in [0.15, 0.2) is 12.1 Å². The number of ether oxygens (including phenoxy) is 1. The molecule has 0 bridgehead atoms. The molecular formula is C10H12Br2O. The number of hydrogen-bond acceptors (Lipinski definition) is 1. The highest BCUT2D eigenvalue weighted by Gasteiger charge is 2.07. The molecule has 1 aromatic carbocycles. The van der Waals surface area contributed by atoms with Gasteiger partial charge in [0.2, 0.25) is 0 Å². The molecule has 0 atom stereocenters. The van der Waals surface area contributed by atoms with Crippen LogP contribution in [-0.4, -0.2) is 7.11 Å². The minimum Gasteiger partial charge on any atom is -0.496 e. The summed E-state index contributed by atoms with van der Waals surface area (Å²) in [5.41, 5.74) is 3.75. The molecule has 0 spiro atoms. The van der Waals surface area contributed by atoms with Gasteiger partial charge in [0, 0.05) is 16.2 Å². The zero-order valence-electron chi connectivity index (χ0n) is 7.73. The normalized spacial score (nSPS) is 10.2. The highest BCUT2D eigenvalue weighted by atomic mass is 79.9. The zero-order chi connectivity index (χ0) is 9.84. The summed E-state index contributed by atoms with van der Waals surface area (Å²) in [5, 5.41) is 1.70. The van der Waals surface area contributed by atoms with Crippen LogP contribution in [-0.2, 0) is 10.7 Å². The fraction of sp³-hybridized carbons (Fsp3) is 0.400. The summed E-state index contributed by atoms with van der Waals surface area (Å²) in [6, 6.07) is 4.23. The van der Waals surface area contributed by atoms with Gasteiger partial charge in [-0.05, 0) is 24.1 Å². The second-order valence-corrected chi connectivity index (χ2v) is 3.99. The molecule has 0 aromatic heterocycles. The smallest absolute Gasteiger partial charge is 0.123 e. The van der Waals surface area contributed by atoms with E-state index in [9.17, 15) is 0 Å². The van der Waals surface area contributed by atoms with E-state index >= 15 is 0 Å². The Morgan fingerprint density at radius 2 is 1.92 bits per heavy atom. The predicted octanol–water partition coefficient (Wildman–Crippen LogP) is 3.79. The van der Waals surface area contributed by atoms with Gasteiger partial charge in [-0.25, -0.2) is 0 Å². The molecule has 3 heteroatoms. The van der Waals surface area contributed by atoms with Crippen molar-refractivity contribution in [2.45, 2.75) is 17.6 Å². The first kappa shape index (κ1) is 11.1. The first-order chi connectivity index (χ1) is 6.22. The van der Waals surface area contributed by atoms with Crippen molar-refractivity contribution in [2.75, 3.05) is 7.11 Å². The van der Waals surface area contributed by atoms with E-state index in [2.05, 4.69) is 50.9 Å². The maximum atomic E-state index is 5.31. The topological polar surface area (TPSA) is 9.23 Å². The SMILES string of the molecule is COc1cc(C)cc(CBr)c1CBr.